The molecule has 2 aliphatic heterocycles. The van der Waals surface area contributed by atoms with Gasteiger partial charge in [0, 0.05) is 47.0 Å². The van der Waals surface area contributed by atoms with Crippen LogP contribution in [-0.4, -0.2) is 28.5 Å². The Morgan fingerprint density at radius 3 is 1.57 bits per heavy atom. The first-order valence-corrected chi connectivity index (χ1v) is 12.2. The molecular weight excluding hydrogens is 464 g/mol. The van der Waals surface area contributed by atoms with Crippen molar-refractivity contribution in [3.05, 3.63) is 106 Å². The maximum absolute atomic E-state index is 12.9. The number of hydrogen-bond acceptors (Lipinski definition) is 6. The second-order valence-electron chi connectivity index (χ2n) is 9.46. The average Bonchev–Trinajstić information content (AvgIpc) is 2.88. The number of aromatic nitrogens is 2. The molecule has 6 rings (SSSR count). The van der Waals surface area contributed by atoms with Crippen LogP contribution in [0.2, 0.25) is 0 Å². The fourth-order valence-corrected chi connectivity index (χ4v) is 4.97. The monoisotopic (exact) mass is 490 g/mol. The number of hydrogen-bond donors (Lipinski definition) is 2. The number of carbonyl (C=O) groups excluding carboxylic acids is 2. The molecule has 0 radical (unpaired) electrons. The van der Waals surface area contributed by atoms with E-state index in [4.69, 9.17) is 0 Å². The van der Waals surface area contributed by atoms with Crippen molar-refractivity contribution in [2.75, 3.05) is 27.1 Å². The number of nitrogens with zero attached hydrogens (tertiary/aromatic N) is 4. The van der Waals surface area contributed by atoms with E-state index >= 15 is 0 Å². The molecule has 0 saturated carbocycles. The van der Waals surface area contributed by atoms with Crippen molar-refractivity contribution in [3.63, 3.8) is 0 Å². The van der Waals surface area contributed by atoms with E-state index in [-0.39, 0.29) is 11.8 Å². The third kappa shape index (κ3) is 4.49. The largest absolute Gasteiger partial charge is 0.349 e. The number of pyridine rings is 2. The smallest absolute Gasteiger partial charge is 0.256 e. The standard InChI is InChI=1S/C29H26N6O2/c1-18-5-3-7-26(30-18)32-28(36)20-9-11-24-22(13-20)15-34-17-35(24)16-23-14-21(10-12-25(23)34)29(37)33-27-8-4-6-19(2)31-27/h3-14H,15-17H2,1-2H3,(H,30,32,36)(H,31,33,37). The first kappa shape index (κ1) is 22.7. The summed E-state index contributed by atoms with van der Waals surface area (Å²) in [5.74, 6) is 0.722. The van der Waals surface area contributed by atoms with Gasteiger partial charge in [0.15, 0.2) is 0 Å². The highest BCUT2D eigenvalue weighted by Gasteiger charge is 2.30. The Balaban J connectivity index is 1.21. The summed E-state index contributed by atoms with van der Waals surface area (Å²) in [5, 5.41) is 5.78. The SMILES string of the molecule is Cc1cccc(NC(=O)c2ccc3c(c2)CN2CN3Cc3cc(C(=O)Nc4cccc(C)n4)ccc32)n1. The van der Waals surface area contributed by atoms with Gasteiger partial charge in [-0.25, -0.2) is 9.97 Å². The average molecular weight is 491 g/mol. The lowest BCUT2D eigenvalue weighted by atomic mass is 9.98. The van der Waals surface area contributed by atoms with Crippen molar-refractivity contribution in [1.82, 2.24) is 9.97 Å². The molecule has 2 N–H and O–H groups in total. The minimum Gasteiger partial charge on any atom is -0.349 e. The second-order valence-corrected chi connectivity index (χ2v) is 9.46. The number of nitrogens with one attached hydrogen (secondary N) is 2. The summed E-state index contributed by atoms with van der Waals surface area (Å²) in [6.45, 7) is 5.91. The zero-order valence-corrected chi connectivity index (χ0v) is 20.7. The molecule has 8 nitrogen and oxygen atoms in total. The predicted octanol–water partition coefficient (Wildman–Crippen LogP) is 4.90. The molecule has 4 aromatic rings. The van der Waals surface area contributed by atoms with Gasteiger partial charge in [0.2, 0.25) is 0 Å². The van der Waals surface area contributed by atoms with E-state index in [0.29, 0.717) is 35.9 Å². The van der Waals surface area contributed by atoms with Crippen molar-refractivity contribution in [3.8, 4) is 0 Å². The van der Waals surface area contributed by atoms with Gasteiger partial charge in [-0.2, -0.15) is 0 Å². The molecule has 2 amide bonds. The molecule has 184 valence electrons. The van der Waals surface area contributed by atoms with Gasteiger partial charge in [-0.15, -0.1) is 0 Å². The third-order valence-corrected chi connectivity index (χ3v) is 6.69. The topological polar surface area (TPSA) is 90.5 Å². The van der Waals surface area contributed by atoms with Gasteiger partial charge in [-0.3, -0.25) is 9.59 Å². The molecule has 4 heterocycles. The third-order valence-electron chi connectivity index (χ3n) is 6.69. The number of amides is 2. The van der Waals surface area contributed by atoms with Crippen LogP contribution in [0.1, 0.15) is 43.2 Å². The second kappa shape index (κ2) is 9.05. The number of fused-ring (bicyclic) bond motifs is 6. The van der Waals surface area contributed by atoms with E-state index in [1.807, 2.05) is 74.5 Å². The van der Waals surface area contributed by atoms with Crippen molar-refractivity contribution in [2.45, 2.75) is 26.9 Å². The van der Waals surface area contributed by atoms with Gasteiger partial charge >= 0.3 is 0 Å². The Bertz CT molecular complexity index is 1430. The maximum atomic E-state index is 12.9. The minimum absolute atomic E-state index is 0.180. The van der Waals surface area contributed by atoms with Crippen LogP contribution >= 0.6 is 0 Å². The van der Waals surface area contributed by atoms with Gasteiger partial charge in [0.05, 0.1) is 6.67 Å². The Kier molecular flexibility index (Phi) is 5.56. The summed E-state index contributed by atoms with van der Waals surface area (Å²) in [7, 11) is 0. The fourth-order valence-electron chi connectivity index (χ4n) is 4.97. The van der Waals surface area contributed by atoms with Gasteiger partial charge < -0.3 is 20.4 Å². The molecule has 2 aromatic heterocycles. The highest BCUT2D eigenvalue weighted by atomic mass is 16.2. The van der Waals surface area contributed by atoms with Crippen molar-refractivity contribution in [1.29, 1.82) is 0 Å². The number of aryl methyl sites for hydroxylation is 2. The summed E-state index contributed by atoms with van der Waals surface area (Å²) < 4.78 is 0. The van der Waals surface area contributed by atoms with Crippen LogP contribution < -0.4 is 20.4 Å². The van der Waals surface area contributed by atoms with E-state index in [1.54, 1.807) is 12.1 Å². The summed E-state index contributed by atoms with van der Waals surface area (Å²) in [5.41, 5.74) is 7.29. The molecule has 2 bridgehead atoms. The van der Waals surface area contributed by atoms with Gasteiger partial charge in [-0.1, -0.05) is 12.1 Å². The maximum Gasteiger partial charge on any atom is 0.256 e. The van der Waals surface area contributed by atoms with Crippen LogP contribution in [0.15, 0.2) is 72.8 Å². The lowest BCUT2D eigenvalue weighted by Gasteiger charge is -2.45. The first-order chi connectivity index (χ1) is 17.9. The molecule has 37 heavy (non-hydrogen) atoms. The fraction of sp³-hybridized carbons (Fsp3) is 0.172. The quantitative estimate of drug-likeness (QED) is 0.423. The normalized spacial score (nSPS) is 13.5. The molecule has 2 aromatic carbocycles. The molecule has 0 fully saturated rings. The lowest BCUT2D eigenvalue weighted by Crippen LogP contribution is -2.46. The van der Waals surface area contributed by atoms with Gasteiger partial charge in [0.1, 0.15) is 11.6 Å². The number of carbonyl (C=O) groups is 2. The van der Waals surface area contributed by atoms with E-state index < -0.39 is 0 Å². The molecule has 8 heteroatoms. The molecular formula is C29H26N6O2. The van der Waals surface area contributed by atoms with Crippen LogP contribution in [-0.2, 0) is 13.1 Å². The zero-order valence-electron chi connectivity index (χ0n) is 20.7. The van der Waals surface area contributed by atoms with Crippen molar-refractivity contribution < 1.29 is 9.59 Å². The van der Waals surface area contributed by atoms with Crippen LogP contribution in [0.5, 0.6) is 0 Å². The highest BCUT2D eigenvalue weighted by Crippen LogP contribution is 2.38. The molecule has 0 atom stereocenters. The number of rotatable bonds is 4. The molecule has 0 aliphatic carbocycles. The molecule has 0 unspecified atom stereocenters. The summed E-state index contributed by atoms with van der Waals surface area (Å²) in [6, 6.07) is 22.8. The van der Waals surface area contributed by atoms with Crippen molar-refractivity contribution >= 4 is 34.8 Å². The Morgan fingerprint density at radius 1 is 0.676 bits per heavy atom. The van der Waals surface area contributed by atoms with Crippen molar-refractivity contribution in [2.24, 2.45) is 0 Å². The van der Waals surface area contributed by atoms with Crippen LogP contribution in [0, 0.1) is 13.8 Å². The summed E-state index contributed by atoms with van der Waals surface area (Å²) >= 11 is 0. The highest BCUT2D eigenvalue weighted by molar-refractivity contribution is 6.05. The number of anilines is 4. The number of benzene rings is 2. The van der Waals surface area contributed by atoms with Crippen LogP contribution in [0.3, 0.4) is 0 Å². The van der Waals surface area contributed by atoms with Gasteiger partial charge in [-0.05, 0) is 85.6 Å². The van der Waals surface area contributed by atoms with Crippen LogP contribution in [0.25, 0.3) is 0 Å². The van der Waals surface area contributed by atoms with E-state index in [1.165, 1.54) is 0 Å². The Hall–Kier alpha value is -4.72. The minimum atomic E-state index is -0.180. The van der Waals surface area contributed by atoms with Gasteiger partial charge in [0.25, 0.3) is 11.8 Å². The van der Waals surface area contributed by atoms with Crippen LogP contribution in [0.4, 0.5) is 23.0 Å². The Morgan fingerprint density at radius 2 is 1.14 bits per heavy atom. The van der Waals surface area contributed by atoms with E-state index in [9.17, 15) is 9.59 Å². The molecule has 2 aliphatic rings. The molecule has 0 spiro atoms. The lowest BCUT2D eigenvalue weighted by molar-refractivity contribution is 0.101. The zero-order chi connectivity index (χ0) is 25.5. The summed E-state index contributed by atoms with van der Waals surface area (Å²) in [6.07, 6.45) is 0. The predicted molar refractivity (Wildman–Crippen MR) is 144 cm³/mol. The van der Waals surface area contributed by atoms with E-state index in [0.717, 1.165) is 40.6 Å². The Labute approximate surface area is 215 Å². The van der Waals surface area contributed by atoms with E-state index in [2.05, 4.69) is 30.4 Å². The first-order valence-electron chi connectivity index (χ1n) is 12.2. The summed E-state index contributed by atoms with van der Waals surface area (Å²) in [4.78, 5) is 39.0. The molecule has 0 saturated heterocycles.